The van der Waals surface area contributed by atoms with Gasteiger partial charge in [0.05, 0.1) is 48.7 Å². The highest BCUT2D eigenvalue weighted by Gasteiger charge is 2.20. The molecule has 0 aromatic carbocycles. The molecule has 1 aliphatic carbocycles. The molecular formula is C16H24N6O2. The van der Waals surface area contributed by atoms with Gasteiger partial charge in [0.1, 0.15) is 0 Å². The number of hydrogen-bond acceptors (Lipinski definition) is 4. The number of urea groups is 1. The Hall–Kier alpha value is -2.35. The fourth-order valence-electron chi connectivity index (χ4n) is 3.08. The molecule has 2 aromatic heterocycles. The van der Waals surface area contributed by atoms with Crippen LogP contribution in [0.15, 0.2) is 18.6 Å². The molecule has 0 atom stereocenters. The van der Waals surface area contributed by atoms with Crippen LogP contribution in [0.3, 0.4) is 0 Å². The number of nitrogens with one attached hydrogen (secondary N) is 2. The third-order valence-electron chi connectivity index (χ3n) is 4.38. The minimum absolute atomic E-state index is 0.296. The van der Waals surface area contributed by atoms with E-state index in [1.807, 2.05) is 11.6 Å². The van der Waals surface area contributed by atoms with Gasteiger partial charge < -0.3 is 15.4 Å². The Bertz CT molecular complexity index is 687. The second-order valence-electron chi connectivity index (χ2n) is 6.09. The summed E-state index contributed by atoms with van der Waals surface area (Å²) in [5.41, 5.74) is 2.38. The van der Waals surface area contributed by atoms with Crippen LogP contribution in [-0.2, 0) is 11.3 Å². The highest BCUT2D eigenvalue weighted by Crippen LogP contribution is 2.31. The maximum Gasteiger partial charge on any atom is 0.323 e. The molecule has 8 nitrogen and oxygen atoms in total. The molecule has 8 heteroatoms. The zero-order valence-electron chi connectivity index (χ0n) is 14.2. The van der Waals surface area contributed by atoms with Crippen molar-refractivity contribution < 1.29 is 9.53 Å². The number of ether oxygens (including phenoxy) is 1. The molecule has 1 fully saturated rings. The molecule has 0 saturated heterocycles. The standard InChI is InChI=1S/C16H24N6O2/c1-12-15(10-18-22(12)14-5-3-4-6-14)20-16(23)19-13-9-17-21(11-13)7-8-24-2/h9-11,14H,3-8H2,1-2H3,(H2,19,20,23). The van der Waals surface area contributed by atoms with E-state index in [9.17, 15) is 4.79 Å². The van der Waals surface area contributed by atoms with Crippen molar-refractivity contribution in [1.29, 1.82) is 0 Å². The average molecular weight is 332 g/mol. The average Bonchev–Trinajstić information content (AvgIpc) is 3.28. The monoisotopic (exact) mass is 332 g/mol. The lowest BCUT2D eigenvalue weighted by molar-refractivity contribution is 0.183. The summed E-state index contributed by atoms with van der Waals surface area (Å²) in [6.45, 7) is 3.21. The predicted molar refractivity (Wildman–Crippen MR) is 91.2 cm³/mol. The molecule has 0 aliphatic heterocycles. The van der Waals surface area contributed by atoms with Crippen LogP contribution in [0, 0.1) is 6.92 Å². The van der Waals surface area contributed by atoms with Crippen LogP contribution in [0.4, 0.5) is 16.2 Å². The Kier molecular flexibility index (Phi) is 5.14. The van der Waals surface area contributed by atoms with Gasteiger partial charge in [0, 0.05) is 13.3 Å². The molecule has 3 rings (SSSR count). The van der Waals surface area contributed by atoms with Gasteiger partial charge in [-0.05, 0) is 19.8 Å². The number of carbonyl (C=O) groups is 1. The Morgan fingerprint density at radius 1 is 1.29 bits per heavy atom. The molecule has 2 amide bonds. The van der Waals surface area contributed by atoms with Crippen molar-refractivity contribution >= 4 is 17.4 Å². The summed E-state index contributed by atoms with van der Waals surface area (Å²) in [4.78, 5) is 12.2. The fourth-order valence-corrected chi connectivity index (χ4v) is 3.08. The van der Waals surface area contributed by atoms with Gasteiger partial charge in [0.15, 0.2) is 0 Å². The van der Waals surface area contributed by atoms with Gasteiger partial charge in [-0.3, -0.25) is 9.36 Å². The highest BCUT2D eigenvalue weighted by atomic mass is 16.5. The maximum absolute atomic E-state index is 12.2. The predicted octanol–water partition coefficient (Wildman–Crippen LogP) is 2.79. The number of rotatable bonds is 6. The van der Waals surface area contributed by atoms with E-state index >= 15 is 0 Å². The number of anilines is 2. The molecule has 24 heavy (non-hydrogen) atoms. The van der Waals surface area contributed by atoms with E-state index in [0.717, 1.165) is 24.2 Å². The summed E-state index contributed by atoms with van der Waals surface area (Å²) in [7, 11) is 1.64. The first-order valence-corrected chi connectivity index (χ1v) is 8.31. The molecule has 1 saturated carbocycles. The number of aromatic nitrogens is 4. The van der Waals surface area contributed by atoms with Crippen molar-refractivity contribution in [2.75, 3.05) is 24.4 Å². The molecule has 1 aliphatic rings. The molecule has 2 heterocycles. The van der Waals surface area contributed by atoms with Gasteiger partial charge >= 0.3 is 6.03 Å². The summed E-state index contributed by atoms with van der Waals surface area (Å²) < 4.78 is 8.76. The van der Waals surface area contributed by atoms with E-state index in [2.05, 4.69) is 20.8 Å². The van der Waals surface area contributed by atoms with E-state index in [0.29, 0.717) is 24.9 Å². The van der Waals surface area contributed by atoms with Crippen LogP contribution in [0.25, 0.3) is 0 Å². The van der Waals surface area contributed by atoms with Crippen molar-refractivity contribution in [3.63, 3.8) is 0 Å². The maximum atomic E-state index is 12.2. The minimum atomic E-state index is -0.296. The Balaban J connectivity index is 1.57. The smallest absolute Gasteiger partial charge is 0.323 e. The number of methoxy groups -OCH3 is 1. The van der Waals surface area contributed by atoms with Crippen LogP contribution in [0.5, 0.6) is 0 Å². The normalized spacial score (nSPS) is 14.9. The van der Waals surface area contributed by atoms with E-state index in [-0.39, 0.29) is 6.03 Å². The second kappa shape index (κ2) is 7.48. The van der Waals surface area contributed by atoms with Gasteiger partial charge in [-0.25, -0.2) is 4.79 Å². The Labute approximate surface area is 141 Å². The molecule has 130 valence electrons. The van der Waals surface area contributed by atoms with Crippen LogP contribution < -0.4 is 10.6 Å². The SMILES string of the molecule is COCCn1cc(NC(=O)Nc2cnn(C3CCCC3)c2C)cn1. The molecular weight excluding hydrogens is 308 g/mol. The Morgan fingerprint density at radius 2 is 2.08 bits per heavy atom. The van der Waals surface area contributed by atoms with Gasteiger partial charge in [0.2, 0.25) is 0 Å². The van der Waals surface area contributed by atoms with Crippen molar-refractivity contribution in [3.8, 4) is 0 Å². The van der Waals surface area contributed by atoms with E-state index in [4.69, 9.17) is 4.74 Å². The molecule has 0 spiro atoms. The van der Waals surface area contributed by atoms with Crippen LogP contribution in [-0.4, -0.2) is 39.3 Å². The van der Waals surface area contributed by atoms with Gasteiger partial charge in [-0.1, -0.05) is 12.8 Å². The lowest BCUT2D eigenvalue weighted by atomic mass is 10.2. The van der Waals surface area contributed by atoms with Crippen molar-refractivity contribution in [3.05, 3.63) is 24.3 Å². The first kappa shape index (κ1) is 16.5. The lowest BCUT2D eigenvalue weighted by Gasteiger charge is -2.12. The van der Waals surface area contributed by atoms with E-state index < -0.39 is 0 Å². The molecule has 2 N–H and O–H groups in total. The number of amides is 2. The highest BCUT2D eigenvalue weighted by molar-refractivity contribution is 5.99. The molecule has 0 bridgehead atoms. The topological polar surface area (TPSA) is 86.0 Å². The van der Waals surface area contributed by atoms with E-state index in [1.165, 1.54) is 12.8 Å². The van der Waals surface area contributed by atoms with Gasteiger partial charge in [0.25, 0.3) is 0 Å². The second-order valence-corrected chi connectivity index (χ2v) is 6.09. The van der Waals surface area contributed by atoms with Crippen LogP contribution in [0.2, 0.25) is 0 Å². The summed E-state index contributed by atoms with van der Waals surface area (Å²) in [5.74, 6) is 0. The van der Waals surface area contributed by atoms with E-state index in [1.54, 1.807) is 30.4 Å². The summed E-state index contributed by atoms with van der Waals surface area (Å²) in [6, 6.07) is 0.165. The quantitative estimate of drug-likeness (QED) is 0.851. The summed E-state index contributed by atoms with van der Waals surface area (Å²) in [5, 5.41) is 14.2. The number of carbonyl (C=O) groups excluding carboxylic acids is 1. The lowest BCUT2D eigenvalue weighted by Crippen LogP contribution is -2.19. The van der Waals surface area contributed by atoms with Gasteiger partial charge in [-0.15, -0.1) is 0 Å². The first-order valence-electron chi connectivity index (χ1n) is 8.31. The number of nitrogens with zero attached hydrogens (tertiary/aromatic N) is 4. The van der Waals surface area contributed by atoms with Crippen molar-refractivity contribution in [2.45, 2.75) is 45.2 Å². The molecule has 0 radical (unpaired) electrons. The molecule has 0 unspecified atom stereocenters. The largest absolute Gasteiger partial charge is 0.383 e. The third-order valence-corrected chi connectivity index (χ3v) is 4.38. The molecule has 2 aromatic rings. The van der Waals surface area contributed by atoms with Gasteiger partial charge in [-0.2, -0.15) is 10.2 Å². The first-order chi connectivity index (χ1) is 11.7. The minimum Gasteiger partial charge on any atom is -0.383 e. The van der Waals surface area contributed by atoms with Crippen LogP contribution in [0.1, 0.15) is 37.4 Å². The Morgan fingerprint density at radius 3 is 2.83 bits per heavy atom. The summed E-state index contributed by atoms with van der Waals surface area (Å²) >= 11 is 0. The fraction of sp³-hybridized carbons (Fsp3) is 0.562. The number of hydrogen-bond donors (Lipinski definition) is 2. The zero-order chi connectivity index (χ0) is 16.9. The van der Waals surface area contributed by atoms with Crippen LogP contribution >= 0.6 is 0 Å². The van der Waals surface area contributed by atoms with Crippen molar-refractivity contribution in [1.82, 2.24) is 19.6 Å². The zero-order valence-corrected chi connectivity index (χ0v) is 14.2. The summed E-state index contributed by atoms with van der Waals surface area (Å²) in [6.07, 6.45) is 9.93. The third kappa shape index (κ3) is 3.76. The van der Waals surface area contributed by atoms with Crippen molar-refractivity contribution in [2.24, 2.45) is 0 Å².